The number of halogens is 2. The molecule has 0 spiro atoms. The molecule has 0 aliphatic carbocycles. The summed E-state index contributed by atoms with van der Waals surface area (Å²) in [5, 5.41) is 0.887. The van der Waals surface area contributed by atoms with Crippen LogP contribution in [0.5, 0.6) is 0 Å². The van der Waals surface area contributed by atoms with Crippen LogP contribution in [0.3, 0.4) is 0 Å². The van der Waals surface area contributed by atoms with Gasteiger partial charge < -0.3 is 18.9 Å². The maximum atomic E-state index is 5.39. The lowest BCUT2D eigenvalue weighted by atomic mass is 10.2. The van der Waals surface area contributed by atoms with E-state index in [4.69, 9.17) is 18.9 Å². The van der Waals surface area contributed by atoms with Crippen molar-refractivity contribution in [3.05, 3.63) is 0 Å². The van der Waals surface area contributed by atoms with Gasteiger partial charge in [0.15, 0.2) is 0 Å². The van der Waals surface area contributed by atoms with Crippen LogP contribution in [0.15, 0.2) is 0 Å². The zero-order valence-corrected chi connectivity index (χ0v) is 14.4. The number of ether oxygens (including phenoxy) is 4. The number of alkyl halides is 2. The molecule has 0 aromatic rings. The molecule has 0 saturated heterocycles. The van der Waals surface area contributed by atoms with E-state index in [9.17, 15) is 0 Å². The van der Waals surface area contributed by atoms with Crippen molar-refractivity contribution in [2.24, 2.45) is 5.92 Å². The lowest BCUT2D eigenvalue weighted by Gasteiger charge is -2.09. The Kier molecular flexibility index (Phi) is 14.8. The van der Waals surface area contributed by atoms with E-state index in [0.29, 0.717) is 50.6 Å². The van der Waals surface area contributed by atoms with Crippen molar-refractivity contribution < 1.29 is 18.9 Å². The van der Waals surface area contributed by atoms with E-state index < -0.39 is 0 Å². The molecule has 6 heteroatoms. The van der Waals surface area contributed by atoms with Crippen LogP contribution in [0, 0.1) is 5.92 Å². The van der Waals surface area contributed by atoms with Gasteiger partial charge in [-0.1, -0.05) is 45.7 Å². The van der Waals surface area contributed by atoms with Crippen LogP contribution in [0.4, 0.5) is 0 Å². The molecule has 18 heavy (non-hydrogen) atoms. The second kappa shape index (κ2) is 14.2. The zero-order valence-electron chi connectivity index (χ0n) is 11.2. The van der Waals surface area contributed by atoms with Gasteiger partial charge in [0.05, 0.1) is 39.6 Å². The highest BCUT2D eigenvalue weighted by atomic mass is 79.9. The summed E-state index contributed by atoms with van der Waals surface area (Å²) >= 11 is 6.82. The maximum absolute atomic E-state index is 5.39. The normalized spacial score (nSPS) is 13.2. The summed E-state index contributed by atoms with van der Waals surface area (Å²) in [5.74, 6) is 0.541. The summed E-state index contributed by atoms with van der Waals surface area (Å²) in [6.45, 7) is 8.31. The summed E-state index contributed by atoms with van der Waals surface area (Å²) in [7, 11) is 0. The molecule has 0 bridgehead atoms. The highest BCUT2D eigenvalue weighted by Crippen LogP contribution is 2.03. The standard InChI is InChI=1S/C12H24Br2O4/c1-11(2)8-18-10-17-6-4-15-3-5-16-9-12(14)7-13/h11-12H,3-10H2,1-2H3. The third kappa shape index (κ3) is 14.9. The molecule has 0 radical (unpaired) electrons. The topological polar surface area (TPSA) is 36.9 Å². The lowest BCUT2D eigenvalue weighted by molar-refractivity contribution is -0.0781. The minimum atomic E-state index is 0.342. The molecule has 1 atom stereocenters. The van der Waals surface area contributed by atoms with E-state index in [0.717, 1.165) is 11.9 Å². The summed E-state index contributed by atoms with van der Waals surface area (Å²) in [5.41, 5.74) is 0. The molecule has 0 fully saturated rings. The molecule has 1 unspecified atom stereocenters. The van der Waals surface area contributed by atoms with Crippen molar-refractivity contribution in [3.8, 4) is 0 Å². The van der Waals surface area contributed by atoms with Gasteiger partial charge in [-0.25, -0.2) is 0 Å². The van der Waals surface area contributed by atoms with E-state index in [1.165, 1.54) is 0 Å². The lowest BCUT2D eigenvalue weighted by Crippen LogP contribution is -2.15. The Hall–Kier alpha value is 0.800. The predicted molar refractivity (Wildman–Crippen MR) is 79.8 cm³/mol. The highest BCUT2D eigenvalue weighted by molar-refractivity contribution is 9.12. The summed E-state index contributed by atoms with van der Waals surface area (Å²) < 4.78 is 21.2. The van der Waals surface area contributed by atoms with Gasteiger partial charge in [-0.15, -0.1) is 0 Å². The monoisotopic (exact) mass is 390 g/mol. The summed E-state index contributed by atoms with van der Waals surface area (Å²) in [6, 6.07) is 0. The van der Waals surface area contributed by atoms with E-state index in [-0.39, 0.29) is 0 Å². The van der Waals surface area contributed by atoms with Gasteiger partial charge in [-0.3, -0.25) is 0 Å². The zero-order chi connectivity index (χ0) is 13.6. The third-order valence-electron chi connectivity index (χ3n) is 1.83. The van der Waals surface area contributed by atoms with Crippen LogP contribution in [0.25, 0.3) is 0 Å². The average Bonchev–Trinajstić information content (AvgIpc) is 2.35. The van der Waals surface area contributed by atoms with E-state index in [1.807, 2.05) is 0 Å². The largest absolute Gasteiger partial charge is 0.378 e. The molecular formula is C12H24Br2O4. The molecule has 0 aromatic carbocycles. The summed E-state index contributed by atoms with van der Waals surface area (Å²) in [4.78, 5) is 0.360. The SMILES string of the molecule is CC(C)COCOCCOCCOCC(Br)CBr. The molecule has 4 nitrogen and oxygen atoms in total. The van der Waals surface area contributed by atoms with Gasteiger partial charge in [-0.2, -0.15) is 0 Å². The van der Waals surface area contributed by atoms with Crippen LogP contribution in [-0.4, -0.2) is 56.6 Å². The number of hydrogen-bond donors (Lipinski definition) is 0. The van der Waals surface area contributed by atoms with Crippen LogP contribution in [-0.2, 0) is 18.9 Å². The fraction of sp³-hybridized carbons (Fsp3) is 1.00. The van der Waals surface area contributed by atoms with Crippen molar-refractivity contribution in [1.29, 1.82) is 0 Å². The molecular weight excluding hydrogens is 368 g/mol. The highest BCUT2D eigenvalue weighted by Gasteiger charge is 2.00. The van der Waals surface area contributed by atoms with Crippen molar-refractivity contribution in [2.45, 2.75) is 18.7 Å². The van der Waals surface area contributed by atoms with Crippen molar-refractivity contribution in [2.75, 3.05) is 51.8 Å². The smallest absolute Gasteiger partial charge is 0.146 e. The minimum absolute atomic E-state index is 0.342. The van der Waals surface area contributed by atoms with Crippen LogP contribution in [0.1, 0.15) is 13.8 Å². The second-order valence-corrected chi connectivity index (χ2v) is 6.17. The molecule has 0 N–H and O–H groups in total. The Morgan fingerprint density at radius 2 is 1.44 bits per heavy atom. The van der Waals surface area contributed by atoms with Crippen LogP contribution < -0.4 is 0 Å². The van der Waals surface area contributed by atoms with Crippen molar-refractivity contribution >= 4 is 31.9 Å². The first kappa shape index (κ1) is 18.8. The van der Waals surface area contributed by atoms with Gasteiger partial charge in [-0.05, 0) is 5.92 Å². The van der Waals surface area contributed by atoms with Crippen molar-refractivity contribution in [3.63, 3.8) is 0 Å². The molecule has 0 amide bonds. The minimum Gasteiger partial charge on any atom is -0.378 e. The molecule has 0 heterocycles. The average molecular weight is 392 g/mol. The van der Waals surface area contributed by atoms with Gasteiger partial charge in [0, 0.05) is 10.2 Å². The van der Waals surface area contributed by atoms with Crippen LogP contribution >= 0.6 is 31.9 Å². The van der Waals surface area contributed by atoms with E-state index in [1.54, 1.807) is 0 Å². The van der Waals surface area contributed by atoms with Crippen molar-refractivity contribution in [1.82, 2.24) is 0 Å². The number of hydrogen-bond acceptors (Lipinski definition) is 4. The molecule has 0 rings (SSSR count). The maximum Gasteiger partial charge on any atom is 0.146 e. The Morgan fingerprint density at radius 1 is 0.833 bits per heavy atom. The second-order valence-electron chi connectivity index (χ2n) is 4.23. The first-order valence-corrected chi connectivity index (χ1v) is 8.21. The third-order valence-corrected chi connectivity index (χ3v) is 4.07. The fourth-order valence-corrected chi connectivity index (χ4v) is 1.37. The first-order chi connectivity index (χ1) is 8.66. The van der Waals surface area contributed by atoms with E-state index >= 15 is 0 Å². The predicted octanol–water partition coefficient (Wildman–Crippen LogP) is 2.82. The number of rotatable bonds is 13. The van der Waals surface area contributed by atoms with Gasteiger partial charge in [0.2, 0.25) is 0 Å². The fourth-order valence-electron chi connectivity index (χ4n) is 0.995. The molecule has 0 aliphatic rings. The Bertz CT molecular complexity index is 170. The van der Waals surface area contributed by atoms with Gasteiger partial charge >= 0.3 is 0 Å². The first-order valence-electron chi connectivity index (χ1n) is 6.17. The van der Waals surface area contributed by atoms with Gasteiger partial charge in [0.25, 0.3) is 0 Å². The van der Waals surface area contributed by atoms with Gasteiger partial charge in [0.1, 0.15) is 6.79 Å². The quantitative estimate of drug-likeness (QED) is 0.275. The molecule has 0 aromatic heterocycles. The molecule has 0 saturated carbocycles. The molecule has 0 aliphatic heterocycles. The Balaban J connectivity index is 2.99. The summed E-state index contributed by atoms with van der Waals surface area (Å²) in [6.07, 6.45) is 0. The van der Waals surface area contributed by atoms with E-state index in [2.05, 4.69) is 45.7 Å². The Labute approximate surface area is 127 Å². The van der Waals surface area contributed by atoms with Crippen LogP contribution in [0.2, 0.25) is 0 Å². The Morgan fingerprint density at radius 3 is 2.06 bits per heavy atom. The molecule has 110 valence electrons.